The fourth-order valence-electron chi connectivity index (χ4n) is 1.42. The van der Waals surface area contributed by atoms with Gasteiger partial charge in [-0.2, -0.15) is 0 Å². The maximum absolute atomic E-state index is 11.9. The molecule has 0 aliphatic heterocycles. The van der Waals surface area contributed by atoms with E-state index in [1.807, 2.05) is 6.92 Å². The Bertz CT molecular complexity index is 595. The Morgan fingerprint density at radius 3 is 2.71 bits per heavy atom. The number of esters is 1. The molecule has 1 amide bonds. The molecule has 118 valence electrons. The van der Waals surface area contributed by atoms with Crippen LogP contribution in [0.15, 0.2) is 11.4 Å². The Hall–Kier alpha value is -1.61. The number of carbonyl (C=O) groups excluding carboxylic acids is 2. The third-order valence-corrected chi connectivity index (χ3v) is 4.79. The molecule has 0 aromatic carbocycles. The van der Waals surface area contributed by atoms with Crippen LogP contribution >= 0.6 is 11.3 Å². The van der Waals surface area contributed by atoms with Crippen molar-refractivity contribution < 1.29 is 22.7 Å². The molecule has 0 fully saturated rings. The predicted molar refractivity (Wildman–Crippen MR) is 81.0 cm³/mol. The lowest BCUT2D eigenvalue weighted by Crippen LogP contribution is -2.30. The van der Waals surface area contributed by atoms with Gasteiger partial charge in [0.25, 0.3) is 5.91 Å². The summed E-state index contributed by atoms with van der Waals surface area (Å²) < 4.78 is 30.5. The van der Waals surface area contributed by atoms with Crippen LogP contribution in [0.1, 0.15) is 29.4 Å². The van der Waals surface area contributed by atoms with E-state index in [1.165, 1.54) is 13.2 Å². The summed E-state index contributed by atoms with van der Waals surface area (Å²) in [6.07, 6.45) is 1.31. The molecular weight excluding hydrogens is 316 g/mol. The largest absolute Gasteiger partial charge is 0.468 e. The van der Waals surface area contributed by atoms with Crippen LogP contribution < -0.4 is 10.0 Å². The molecule has 9 heteroatoms. The number of hydrogen-bond acceptors (Lipinski definition) is 6. The van der Waals surface area contributed by atoms with Gasteiger partial charge in [-0.3, -0.25) is 14.3 Å². The molecule has 0 saturated carbocycles. The summed E-state index contributed by atoms with van der Waals surface area (Å²) in [7, 11) is -2.26. The molecule has 2 N–H and O–H groups in total. The van der Waals surface area contributed by atoms with Crippen LogP contribution in [0.5, 0.6) is 0 Å². The number of ether oxygens (including phenoxy) is 1. The van der Waals surface area contributed by atoms with E-state index in [0.717, 1.165) is 17.8 Å². The van der Waals surface area contributed by atoms with E-state index in [2.05, 4.69) is 14.8 Å². The van der Waals surface area contributed by atoms with Crippen LogP contribution in [0.4, 0.5) is 5.69 Å². The van der Waals surface area contributed by atoms with Crippen LogP contribution in [0.2, 0.25) is 0 Å². The molecule has 0 atom stereocenters. The van der Waals surface area contributed by atoms with Gasteiger partial charge in [0, 0.05) is 0 Å². The molecule has 0 bridgehead atoms. The van der Waals surface area contributed by atoms with E-state index in [0.29, 0.717) is 6.42 Å². The third kappa shape index (κ3) is 5.72. The van der Waals surface area contributed by atoms with Crippen LogP contribution in [-0.4, -0.2) is 39.7 Å². The van der Waals surface area contributed by atoms with Gasteiger partial charge in [-0.1, -0.05) is 13.3 Å². The first kappa shape index (κ1) is 17.4. The van der Waals surface area contributed by atoms with Crippen molar-refractivity contribution >= 4 is 38.9 Å². The second kappa shape index (κ2) is 7.99. The van der Waals surface area contributed by atoms with E-state index in [9.17, 15) is 18.0 Å². The van der Waals surface area contributed by atoms with Gasteiger partial charge in [0.1, 0.15) is 11.4 Å². The van der Waals surface area contributed by atoms with E-state index in [1.54, 1.807) is 5.38 Å². The normalized spacial score (nSPS) is 11.0. The van der Waals surface area contributed by atoms with Crippen molar-refractivity contribution in [3.05, 3.63) is 16.3 Å². The number of hydrogen-bond donors (Lipinski definition) is 2. The fourth-order valence-corrected chi connectivity index (χ4v) is 3.53. The van der Waals surface area contributed by atoms with Crippen LogP contribution in [0.3, 0.4) is 0 Å². The maximum Gasteiger partial charge on any atom is 0.325 e. The first-order valence-electron chi connectivity index (χ1n) is 6.32. The summed E-state index contributed by atoms with van der Waals surface area (Å²) in [6.45, 7) is 1.63. The number of anilines is 1. The minimum absolute atomic E-state index is 0.00255. The van der Waals surface area contributed by atoms with Gasteiger partial charge in [-0.05, 0) is 17.9 Å². The summed E-state index contributed by atoms with van der Waals surface area (Å²) in [4.78, 5) is 23.1. The number of nitrogens with one attached hydrogen (secondary N) is 2. The summed E-state index contributed by atoms with van der Waals surface area (Å²) >= 11 is 1.09. The molecule has 1 rings (SSSR count). The Balaban J connectivity index is 2.73. The quantitative estimate of drug-likeness (QED) is 0.695. The number of rotatable bonds is 8. The summed E-state index contributed by atoms with van der Waals surface area (Å²) in [5.74, 6) is -1.10. The Kier molecular flexibility index (Phi) is 6.63. The standard InChI is InChI=1S/C12H18N2O5S2/c1-3-4-7-21(17,18)14-9-5-6-20-11(9)12(16)13-8-10(15)19-2/h5-6,14H,3-4,7-8H2,1-2H3,(H,13,16). The summed E-state index contributed by atoms with van der Waals surface area (Å²) in [5.41, 5.74) is 0.221. The lowest BCUT2D eigenvalue weighted by molar-refractivity contribution is -0.139. The second-order valence-corrected chi connectivity index (χ2v) is 6.95. The lowest BCUT2D eigenvalue weighted by atomic mass is 10.4. The minimum Gasteiger partial charge on any atom is -0.468 e. The Labute approximate surface area is 127 Å². The van der Waals surface area contributed by atoms with E-state index in [4.69, 9.17) is 0 Å². The zero-order valence-corrected chi connectivity index (χ0v) is 13.5. The van der Waals surface area contributed by atoms with Crippen molar-refractivity contribution in [2.45, 2.75) is 19.8 Å². The van der Waals surface area contributed by atoms with Crippen molar-refractivity contribution in [3.8, 4) is 0 Å². The monoisotopic (exact) mass is 334 g/mol. The summed E-state index contributed by atoms with van der Waals surface area (Å²) in [6, 6.07) is 1.52. The number of amides is 1. The average Bonchev–Trinajstić information content (AvgIpc) is 2.89. The second-order valence-electron chi connectivity index (χ2n) is 4.20. The lowest BCUT2D eigenvalue weighted by Gasteiger charge is -2.08. The smallest absolute Gasteiger partial charge is 0.325 e. The average molecular weight is 334 g/mol. The molecule has 0 spiro atoms. The molecule has 7 nitrogen and oxygen atoms in total. The van der Waals surface area contributed by atoms with Gasteiger partial charge in [0.2, 0.25) is 10.0 Å². The zero-order valence-electron chi connectivity index (χ0n) is 11.8. The molecule has 1 aromatic rings. The van der Waals surface area contributed by atoms with Crippen molar-refractivity contribution in [3.63, 3.8) is 0 Å². The van der Waals surface area contributed by atoms with E-state index >= 15 is 0 Å². The number of methoxy groups -OCH3 is 1. The Morgan fingerprint density at radius 1 is 1.38 bits per heavy atom. The van der Waals surface area contributed by atoms with Gasteiger partial charge >= 0.3 is 5.97 Å². The summed E-state index contributed by atoms with van der Waals surface area (Å²) in [5, 5.41) is 3.97. The number of thiophene rings is 1. The molecule has 0 aliphatic rings. The van der Waals surface area contributed by atoms with E-state index in [-0.39, 0.29) is 22.9 Å². The Morgan fingerprint density at radius 2 is 2.10 bits per heavy atom. The molecule has 0 aliphatic carbocycles. The van der Waals surface area contributed by atoms with Crippen LogP contribution in [0.25, 0.3) is 0 Å². The number of carbonyl (C=O) groups is 2. The van der Waals surface area contributed by atoms with Crippen molar-refractivity contribution in [2.75, 3.05) is 24.1 Å². The van der Waals surface area contributed by atoms with E-state index < -0.39 is 21.9 Å². The van der Waals surface area contributed by atoms with Crippen molar-refractivity contribution in [1.82, 2.24) is 5.32 Å². The zero-order chi connectivity index (χ0) is 15.9. The van der Waals surface area contributed by atoms with Crippen LogP contribution in [-0.2, 0) is 19.6 Å². The van der Waals surface area contributed by atoms with Gasteiger partial charge in [0.05, 0.1) is 18.6 Å². The molecule has 1 heterocycles. The highest BCUT2D eigenvalue weighted by Crippen LogP contribution is 2.23. The highest BCUT2D eigenvalue weighted by Gasteiger charge is 2.18. The van der Waals surface area contributed by atoms with Crippen molar-refractivity contribution in [2.24, 2.45) is 0 Å². The van der Waals surface area contributed by atoms with Gasteiger partial charge in [0.15, 0.2) is 0 Å². The molecule has 0 radical (unpaired) electrons. The first-order valence-corrected chi connectivity index (χ1v) is 8.85. The minimum atomic E-state index is -3.47. The highest BCUT2D eigenvalue weighted by molar-refractivity contribution is 7.92. The maximum atomic E-state index is 11.9. The molecule has 21 heavy (non-hydrogen) atoms. The molecule has 0 saturated heterocycles. The van der Waals surface area contributed by atoms with Gasteiger partial charge in [-0.25, -0.2) is 8.42 Å². The molecule has 1 aromatic heterocycles. The number of unbranched alkanes of at least 4 members (excludes halogenated alkanes) is 1. The molecular formula is C12H18N2O5S2. The molecule has 0 unspecified atom stereocenters. The van der Waals surface area contributed by atoms with Crippen LogP contribution in [0, 0.1) is 0 Å². The van der Waals surface area contributed by atoms with Gasteiger partial charge in [-0.15, -0.1) is 11.3 Å². The number of sulfonamides is 1. The topological polar surface area (TPSA) is 102 Å². The highest BCUT2D eigenvalue weighted by atomic mass is 32.2. The fraction of sp³-hybridized carbons (Fsp3) is 0.500. The first-order chi connectivity index (χ1) is 9.89. The third-order valence-electron chi connectivity index (χ3n) is 2.52. The SMILES string of the molecule is CCCCS(=O)(=O)Nc1ccsc1C(=O)NCC(=O)OC. The predicted octanol–water partition coefficient (Wildman–Crippen LogP) is 1.19. The van der Waals surface area contributed by atoms with Gasteiger partial charge < -0.3 is 10.1 Å². The van der Waals surface area contributed by atoms with Crippen molar-refractivity contribution in [1.29, 1.82) is 0 Å².